The molecule has 0 bridgehead atoms. The lowest BCUT2D eigenvalue weighted by Crippen LogP contribution is -2.13. The van der Waals surface area contributed by atoms with Gasteiger partial charge in [0.1, 0.15) is 5.52 Å². The molecule has 0 saturated carbocycles. The molecular formula is C18H13N3O2S2. The second-order valence-electron chi connectivity index (χ2n) is 5.18. The molecular weight excluding hydrogens is 354 g/mol. The van der Waals surface area contributed by atoms with Crippen molar-refractivity contribution in [2.45, 2.75) is 5.22 Å². The normalized spacial score (nSPS) is 10.9. The van der Waals surface area contributed by atoms with Crippen molar-refractivity contribution in [2.75, 3.05) is 11.1 Å². The Labute approximate surface area is 152 Å². The first-order valence-electron chi connectivity index (χ1n) is 7.57. The lowest BCUT2D eigenvalue weighted by Gasteiger charge is -1.99. The van der Waals surface area contributed by atoms with E-state index in [9.17, 15) is 4.79 Å². The molecule has 4 aromatic rings. The van der Waals surface area contributed by atoms with Crippen LogP contribution in [0.25, 0.3) is 21.5 Å². The number of oxazole rings is 1. The highest BCUT2D eigenvalue weighted by Gasteiger charge is 2.11. The number of hydrogen-bond donors (Lipinski definition) is 1. The first-order chi connectivity index (χ1) is 12.3. The van der Waals surface area contributed by atoms with Crippen molar-refractivity contribution < 1.29 is 9.21 Å². The first kappa shape index (κ1) is 15.9. The zero-order valence-corrected chi connectivity index (χ0v) is 14.6. The van der Waals surface area contributed by atoms with E-state index in [1.54, 1.807) is 6.20 Å². The fourth-order valence-electron chi connectivity index (χ4n) is 2.26. The highest BCUT2D eigenvalue weighted by Crippen LogP contribution is 2.29. The van der Waals surface area contributed by atoms with E-state index in [-0.39, 0.29) is 11.7 Å². The van der Waals surface area contributed by atoms with E-state index in [1.807, 2.05) is 54.6 Å². The molecule has 0 aliphatic heterocycles. The summed E-state index contributed by atoms with van der Waals surface area (Å²) in [5, 5.41) is 3.89. The fraction of sp³-hybridized carbons (Fsp3) is 0.0556. The van der Waals surface area contributed by atoms with Gasteiger partial charge in [0.15, 0.2) is 10.7 Å². The summed E-state index contributed by atoms with van der Waals surface area (Å²) in [6, 6.07) is 17.5. The van der Waals surface area contributed by atoms with Crippen LogP contribution in [0, 0.1) is 0 Å². The van der Waals surface area contributed by atoms with E-state index < -0.39 is 0 Å². The van der Waals surface area contributed by atoms with Crippen molar-refractivity contribution in [3.63, 3.8) is 0 Å². The van der Waals surface area contributed by atoms with E-state index in [4.69, 9.17) is 4.42 Å². The Morgan fingerprint density at radius 2 is 1.92 bits per heavy atom. The Morgan fingerprint density at radius 1 is 1.12 bits per heavy atom. The molecule has 0 radical (unpaired) electrons. The molecule has 2 aromatic carbocycles. The van der Waals surface area contributed by atoms with Crippen LogP contribution in [0.15, 0.2) is 70.4 Å². The minimum absolute atomic E-state index is 0.138. The number of nitrogens with zero attached hydrogens (tertiary/aromatic N) is 2. The number of rotatable bonds is 5. The van der Waals surface area contributed by atoms with Gasteiger partial charge in [-0.25, -0.2) is 9.97 Å². The minimum atomic E-state index is -0.138. The summed E-state index contributed by atoms with van der Waals surface area (Å²) in [7, 11) is 0. The topological polar surface area (TPSA) is 68.0 Å². The zero-order valence-electron chi connectivity index (χ0n) is 13.0. The van der Waals surface area contributed by atoms with Crippen LogP contribution in [0.2, 0.25) is 0 Å². The number of thioether (sulfide) groups is 1. The van der Waals surface area contributed by atoms with Crippen molar-refractivity contribution in [1.82, 2.24) is 9.97 Å². The summed E-state index contributed by atoms with van der Waals surface area (Å²) in [6.07, 6.45) is 1.77. The fourth-order valence-corrected chi connectivity index (χ4v) is 3.74. The molecule has 0 atom stereocenters. The van der Waals surface area contributed by atoms with Gasteiger partial charge in [0, 0.05) is 6.20 Å². The van der Waals surface area contributed by atoms with Gasteiger partial charge in [-0.05, 0) is 17.7 Å². The maximum Gasteiger partial charge on any atom is 0.257 e. The van der Waals surface area contributed by atoms with Crippen molar-refractivity contribution in [2.24, 2.45) is 0 Å². The van der Waals surface area contributed by atoms with Crippen molar-refractivity contribution in [3.8, 4) is 10.4 Å². The van der Waals surface area contributed by atoms with Crippen LogP contribution in [0.4, 0.5) is 5.13 Å². The summed E-state index contributed by atoms with van der Waals surface area (Å²) in [5.41, 5.74) is 2.59. The monoisotopic (exact) mass is 367 g/mol. The summed E-state index contributed by atoms with van der Waals surface area (Å²) in [4.78, 5) is 21.7. The zero-order chi connectivity index (χ0) is 17.1. The maximum atomic E-state index is 12.1. The second-order valence-corrected chi connectivity index (χ2v) is 7.14. The van der Waals surface area contributed by atoms with Gasteiger partial charge >= 0.3 is 0 Å². The molecule has 5 nitrogen and oxygen atoms in total. The Kier molecular flexibility index (Phi) is 4.49. The quantitative estimate of drug-likeness (QED) is 0.519. The number of anilines is 1. The van der Waals surface area contributed by atoms with Gasteiger partial charge < -0.3 is 9.73 Å². The number of benzene rings is 2. The molecule has 0 saturated heterocycles. The highest BCUT2D eigenvalue weighted by molar-refractivity contribution is 7.99. The van der Waals surface area contributed by atoms with Gasteiger partial charge in [-0.2, -0.15) is 0 Å². The molecule has 4 rings (SSSR count). The number of para-hydroxylation sites is 2. The molecule has 1 N–H and O–H groups in total. The van der Waals surface area contributed by atoms with Crippen LogP contribution in [0.3, 0.4) is 0 Å². The Bertz CT molecular complexity index is 978. The number of carbonyl (C=O) groups is 1. The van der Waals surface area contributed by atoms with Crippen LogP contribution < -0.4 is 5.32 Å². The van der Waals surface area contributed by atoms with Gasteiger partial charge in [-0.1, -0.05) is 65.6 Å². The number of amides is 1. The highest BCUT2D eigenvalue weighted by atomic mass is 32.2. The maximum absolute atomic E-state index is 12.1. The summed E-state index contributed by atoms with van der Waals surface area (Å²) >= 11 is 2.71. The second kappa shape index (κ2) is 7.08. The lowest BCUT2D eigenvalue weighted by atomic mass is 10.2. The van der Waals surface area contributed by atoms with Gasteiger partial charge in [-0.3, -0.25) is 4.79 Å². The third-order valence-corrected chi connectivity index (χ3v) is 5.20. The molecule has 124 valence electrons. The number of thiazole rings is 1. The summed E-state index contributed by atoms with van der Waals surface area (Å²) < 4.78 is 5.59. The van der Waals surface area contributed by atoms with Gasteiger partial charge in [0.05, 0.1) is 10.6 Å². The van der Waals surface area contributed by atoms with Crippen LogP contribution in [-0.4, -0.2) is 21.6 Å². The molecule has 0 aliphatic carbocycles. The Hall–Kier alpha value is -2.64. The lowest BCUT2D eigenvalue weighted by molar-refractivity contribution is -0.113. The van der Waals surface area contributed by atoms with Crippen molar-refractivity contribution >= 4 is 45.2 Å². The van der Waals surface area contributed by atoms with Gasteiger partial charge in [-0.15, -0.1) is 0 Å². The summed E-state index contributed by atoms with van der Waals surface area (Å²) in [5.74, 6) is 0.0776. The molecule has 0 fully saturated rings. The van der Waals surface area contributed by atoms with Gasteiger partial charge in [0.2, 0.25) is 5.91 Å². The number of hydrogen-bond acceptors (Lipinski definition) is 6. The molecule has 7 heteroatoms. The number of fused-ring (bicyclic) bond motifs is 1. The molecule has 0 aliphatic rings. The molecule has 0 spiro atoms. The third kappa shape index (κ3) is 3.72. The Morgan fingerprint density at radius 3 is 2.76 bits per heavy atom. The van der Waals surface area contributed by atoms with Crippen LogP contribution in [0.5, 0.6) is 0 Å². The van der Waals surface area contributed by atoms with Crippen molar-refractivity contribution in [1.29, 1.82) is 0 Å². The van der Waals surface area contributed by atoms with E-state index in [0.717, 1.165) is 21.5 Å². The average molecular weight is 367 g/mol. The standard InChI is InChI=1S/C18H13N3O2S2/c22-16(11-24-18-20-13-8-4-5-9-14(13)23-18)21-17-19-10-15(25-17)12-6-2-1-3-7-12/h1-10H,11H2,(H,19,21,22). The van der Waals surface area contributed by atoms with Crippen LogP contribution >= 0.6 is 23.1 Å². The minimum Gasteiger partial charge on any atom is -0.431 e. The number of carbonyl (C=O) groups excluding carboxylic acids is 1. The van der Waals surface area contributed by atoms with E-state index >= 15 is 0 Å². The first-order valence-corrected chi connectivity index (χ1v) is 9.37. The Balaban J connectivity index is 1.37. The summed E-state index contributed by atoms with van der Waals surface area (Å²) in [6.45, 7) is 0. The van der Waals surface area contributed by atoms with Crippen LogP contribution in [0.1, 0.15) is 0 Å². The third-order valence-electron chi connectivity index (χ3n) is 3.41. The van der Waals surface area contributed by atoms with Gasteiger partial charge in [0.25, 0.3) is 5.22 Å². The smallest absolute Gasteiger partial charge is 0.257 e. The largest absolute Gasteiger partial charge is 0.431 e. The average Bonchev–Trinajstić information content (AvgIpc) is 3.27. The van der Waals surface area contributed by atoms with E-state index in [1.165, 1.54) is 23.1 Å². The predicted molar refractivity (Wildman–Crippen MR) is 101 cm³/mol. The SMILES string of the molecule is O=C(CSc1nc2ccccc2o1)Nc1ncc(-c2ccccc2)s1. The van der Waals surface area contributed by atoms with E-state index in [0.29, 0.717) is 10.4 Å². The van der Waals surface area contributed by atoms with Crippen molar-refractivity contribution in [3.05, 3.63) is 60.8 Å². The molecule has 25 heavy (non-hydrogen) atoms. The predicted octanol–water partition coefficient (Wildman–Crippen LogP) is 4.68. The van der Waals surface area contributed by atoms with Crippen LogP contribution in [-0.2, 0) is 4.79 Å². The molecule has 1 amide bonds. The number of nitrogens with one attached hydrogen (secondary N) is 1. The molecule has 2 heterocycles. The molecule has 2 aromatic heterocycles. The molecule has 0 unspecified atom stereocenters. The van der Waals surface area contributed by atoms with E-state index in [2.05, 4.69) is 15.3 Å². The number of aromatic nitrogens is 2.